The highest BCUT2D eigenvalue weighted by Gasteiger charge is 2.18. The van der Waals surface area contributed by atoms with Gasteiger partial charge in [-0.1, -0.05) is 30.3 Å². The fraction of sp³-hybridized carbons (Fsp3) is 0.235. The molecule has 2 aromatic rings. The van der Waals surface area contributed by atoms with E-state index in [1.165, 1.54) is 5.56 Å². The Kier molecular flexibility index (Phi) is 3.77. The van der Waals surface area contributed by atoms with Gasteiger partial charge in [0.2, 0.25) is 0 Å². The summed E-state index contributed by atoms with van der Waals surface area (Å²) in [7, 11) is 0. The van der Waals surface area contributed by atoms with Gasteiger partial charge in [-0.15, -0.1) is 0 Å². The van der Waals surface area contributed by atoms with Crippen LogP contribution >= 0.6 is 0 Å². The molecule has 1 aliphatic rings. The van der Waals surface area contributed by atoms with Crippen LogP contribution in [0.1, 0.15) is 12.5 Å². The smallest absolute Gasteiger partial charge is 0.146 e. The molecule has 4 heteroatoms. The molecule has 3 rings (SSSR count). The number of nitrogens with two attached hydrogens (primary N) is 1. The van der Waals surface area contributed by atoms with E-state index in [9.17, 15) is 0 Å². The molecule has 1 aliphatic heterocycles. The van der Waals surface area contributed by atoms with Crippen molar-refractivity contribution < 1.29 is 4.74 Å². The van der Waals surface area contributed by atoms with Crippen LogP contribution in [0.4, 0.5) is 11.4 Å². The predicted octanol–water partition coefficient (Wildman–Crippen LogP) is 3.21. The van der Waals surface area contributed by atoms with Crippen LogP contribution in [0, 0.1) is 0 Å². The third-order valence-corrected chi connectivity index (χ3v) is 3.55. The molecule has 0 aromatic heterocycles. The summed E-state index contributed by atoms with van der Waals surface area (Å²) < 4.78 is 5.78. The van der Waals surface area contributed by atoms with Crippen LogP contribution in [0.25, 0.3) is 0 Å². The van der Waals surface area contributed by atoms with Crippen LogP contribution in [-0.2, 0) is 6.54 Å². The summed E-state index contributed by atoms with van der Waals surface area (Å²) in [5, 5.41) is 0. The monoisotopic (exact) mass is 281 g/mol. The third kappa shape index (κ3) is 2.99. The zero-order valence-corrected chi connectivity index (χ0v) is 12.1. The van der Waals surface area contributed by atoms with Crippen molar-refractivity contribution in [1.82, 2.24) is 4.90 Å². The lowest BCUT2D eigenvalue weighted by molar-refractivity contribution is 0.330. The number of amidine groups is 1. The second-order valence-corrected chi connectivity index (χ2v) is 5.04. The first kappa shape index (κ1) is 13.5. The van der Waals surface area contributed by atoms with E-state index in [-0.39, 0.29) is 0 Å². The van der Waals surface area contributed by atoms with E-state index in [1.54, 1.807) is 0 Å². The molecule has 0 saturated carbocycles. The summed E-state index contributed by atoms with van der Waals surface area (Å²) in [6.45, 7) is 4.34. The van der Waals surface area contributed by atoms with Gasteiger partial charge in [0, 0.05) is 18.8 Å². The number of anilines is 1. The van der Waals surface area contributed by atoms with Gasteiger partial charge in [-0.05, 0) is 30.7 Å². The van der Waals surface area contributed by atoms with Crippen molar-refractivity contribution in [2.45, 2.75) is 13.5 Å². The van der Waals surface area contributed by atoms with Gasteiger partial charge in [0.15, 0.2) is 0 Å². The fourth-order valence-electron chi connectivity index (χ4n) is 2.41. The summed E-state index contributed by atoms with van der Waals surface area (Å²) in [6, 6.07) is 15.9. The van der Waals surface area contributed by atoms with Crippen molar-refractivity contribution in [3.05, 3.63) is 54.1 Å². The molecule has 0 saturated heterocycles. The number of ether oxygens (including phenoxy) is 1. The molecular weight excluding hydrogens is 262 g/mol. The normalized spacial score (nSPS) is 13.1. The second kappa shape index (κ2) is 5.87. The number of benzene rings is 2. The Balaban J connectivity index is 1.84. The standard InChI is InChI=1S/C17H19N3O/c1-2-20(11-13-6-4-3-5-7-13)17-12-21-16-9-8-14(18)10-15(16)19-17/h3-10H,2,11-12,18H2,1H3. The number of likely N-dealkylation sites (N-methyl/N-ethyl adjacent to an activating group) is 1. The first-order chi connectivity index (χ1) is 10.3. The van der Waals surface area contributed by atoms with Crippen LogP contribution in [0.2, 0.25) is 0 Å². The average Bonchev–Trinajstić information content (AvgIpc) is 2.53. The zero-order chi connectivity index (χ0) is 14.7. The molecule has 108 valence electrons. The summed E-state index contributed by atoms with van der Waals surface area (Å²) >= 11 is 0. The van der Waals surface area contributed by atoms with E-state index in [2.05, 4.69) is 36.1 Å². The Morgan fingerprint density at radius 3 is 2.76 bits per heavy atom. The first-order valence-corrected chi connectivity index (χ1v) is 7.15. The van der Waals surface area contributed by atoms with Gasteiger partial charge in [0.05, 0.1) is 0 Å². The largest absolute Gasteiger partial charge is 0.483 e. The van der Waals surface area contributed by atoms with Gasteiger partial charge < -0.3 is 15.4 Å². The zero-order valence-electron chi connectivity index (χ0n) is 12.1. The maximum atomic E-state index is 5.82. The minimum Gasteiger partial charge on any atom is -0.483 e. The topological polar surface area (TPSA) is 50.8 Å². The van der Waals surface area contributed by atoms with E-state index >= 15 is 0 Å². The molecule has 2 N–H and O–H groups in total. The van der Waals surface area contributed by atoms with Crippen molar-refractivity contribution >= 4 is 17.2 Å². The Hall–Kier alpha value is -2.49. The third-order valence-electron chi connectivity index (χ3n) is 3.55. The molecule has 0 unspecified atom stereocenters. The molecule has 2 aromatic carbocycles. The first-order valence-electron chi connectivity index (χ1n) is 7.15. The summed E-state index contributed by atoms with van der Waals surface area (Å²) in [4.78, 5) is 6.93. The van der Waals surface area contributed by atoms with Gasteiger partial charge >= 0.3 is 0 Å². The summed E-state index contributed by atoms with van der Waals surface area (Å²) in [5.74, 6) is 1.74. The lowest BCUT2D eigenvalue weighted by atomic mass is 10.2. The number of nitrogens with zero attached hydrogens (tertiary/aromatic N) is 2. The highest BCUT2D eigenvalue weighted by molar-refractivity contribution is 5.89. The summed E-state index contributed by atoms with van der Waals surface area (Å²) in [5.41, 5.74) is 8.60. The minimum absolute atomic E-state index is 0.498. The number of fused-ring (bicyclic) bond motifs is 1. The van der Waals surface area contributed by atoms with Crippen molar-refractivity contribution in [3.63, 3.8) is 0 Å². The van der Waals surface area contributed by atoms with E-state index < -0.39 is 0 Å². The maximum Gasteiger partial charge on any atom is 0.146 e. The molecule has 0 spiro atoms. The highest BCUT2D eigenvalue weighted by atomic mass is 16.5. The minimum atomic E-state index is 0.498. The predicted molar refractivity (Wildman–Crippen MR) is 86.0 cm³/mol. The molecule has 0 aliphatic carbocycles. The fourth-order valence-corrected chi connectivity index (χ4v) is 2.41. The van der Waals surface area contributed by atoms with Crippen LogP contribution in [0.3, 0.4) is 0 Å². The van der Waals surface area contributed by atoms with Crippen molar-refractivity contribution in [2.75, 3.05) is 18.9 Å². The Labute approximate surface area is 124 Å². The number of hydrogen-bond donors (Lipinski definition) is 1. The Bertz CT molecular complexity index is 652. The second-order valence-electron chi connectivity index (χ2n) is 5.04. The molecule has 0 amide bonds. The lowest BCUT2D eigenvalue weighted by Gasteiger charge is -2.28. The average molecular weight is 281 g/mol. The lowest BCUT2D eigenvalue weighted by Crippen LogP contribution is -2.35. The molecule has 21 heavy (non-hydrogen) atoms. The van der Waals surface area contributed by atoms with Crippen molar-refractivity contribution in [2.24, 2.45) is 4.99 Å². The van der Waals surface area contributed by atoms with Gasteiger partial charge in [0.1, 0.15) is 23.9 Å². The van der Waals surface area contributed by atoms with Crippen LogP contribution < -0.4 is 10.5 Å². The van der Waals surface area contributed by atoms with Gasteiger partial charge in [-0.3, -0.25) is 0 Å². The van der Waals surface area contributed by atoms with E-state index in [1.807, 2.05) is 24.3 Å². The summed E-state index contributed by atoms with van der Waals surface area (Å²) in [6.07, 6.45) is 0. The Morgan fingerprint density at radius 1 is 1.19 bits per heavy atom. The van der Waals surface area contributed by atoms with Crippen LogP contribution in [0.5, 0.6) is 5.75 Å². The number of hydrogen-bond acceptors (Lipinski definition) is 4. The number of rotatable bonds is 3. The van der Waals surface area contributed by atoms with E-state index in [0.29, 0.717) is 12.3 Å². The quantitative estimate of drug-likeness (QED) is 0.879. The number of nitrogen functional groups attached to an aromatic ring is 1. The molecule has 1 heterocycles. The van der Waals surface area contributed by atoms with Crippen LogP contribution in [0.15, 0.2) is 53.5 Å². The highest BCUT2D eigenvalue weighted by Crippen LogP contribution is 2.32. The molecule has 0 radical (unpaired) electrons. The van der Waals surface area contributed by atoms with E-state index in [4.69, 9.17) is 15.5 Å². The SMILES string of the molecule is CCN(Cc1ccccc1)C1=Nc2cc(N)ccc2OC1. The van der Waals surface area contributed by atoms with Crippen LogP contribution in [-0.4, -0.2) is 23.9 Å². The van der Waals surface area contributed by atoms with Gasteiger partial charge in [-0.25, -0.2) is 4.99 Å². The number of aliphatic imine (C=N–C) groups is 1. The van der Waals surface area contributed by atoms with Crippen molar-refractivity contribution in [1.29, 1.82) is 0 Å². The molecule has 4 nitrogen and oxygen atoms in total. The molecular formula is C17H19N3O. The molecule has 0 fully saturated rings. The molecule has 0 bridgehead atoms. The van der Waals surface area contributed by atoms with E-state index in [0.717, 1.165) is 30.4 Å². The Morgan fingerprint density at radius 2 is 2.00 bits per heavy atom. The van der Waals surface area contributed by atoms with Gasteiger partial charge in [0.25, 0.3) is 0 Å². The maximum absolute atomic E-state index is 5.82. The van der Waals surface area contributed by atoms with Gasteiger partial charge in [-0.2, -0.15) is 0 Å². The molecule has 0 atom stereocenters. The van der Waals surface area contributed by atoms with Crippen molar-refractivity contribution in [3.8, 4) is 5.75 Å².